The monoisotopic (exact) mass is 322 g/mol. The standard InChI is InChI=1S/C15H18N2O2S2/c1-10-4-3-5-11-13(10)16-14(21-8-12(18)19)17(11)9-15(20-2)6-7-15/h3-5H,6-9H2,1-2H3,(H,18,19). The smallest absolute Gasteiger partial charge is 0.313 e. The van der Waals surface area contributed by atoms with Crippen LogP contribution in [0, 0.1) is 6.92 Å². The summed E-state index contributed by atoms with van der Waals surface area (Å²) >= 11 is 3.22. The topological polar surface area (TPSA) is 55.1 Å². The van der Waals surface area contributed by atoms with Gasteiger partial charge in [-0.3, -0.25) is 4.79 Å². The van der Waals surface area contributed by atoms with Crippen LogP contribution in [-0.2, 0) is 11.3 Å². The number of benzene rings is 1. The predicted octanol–water partition coefficient (Wildman–Crippen LogP) is 3.42. The Bertz CT molecular complexity index is 692. The minimum absolute atomic E-state index is 0.0502. The minimum Gasteiger partial charge on any atom is -0.481 e. The van der Waals surface area contributed by atoms with E-state index in [1.54, 1.807) is 0 Å². The van der Waals surface area contributed by atoms with Gasteiger partial charge in [0.25, 0.3) is 0 Å². The van der Waals surface area contributed by atoms with Crippen molar-refractivity contribution in [2.45, 2.75) is 36.2 Å². The molecule has 0 atom stereocenters. The lowest BCUT2D eigenvalue weighted by Crippen LogP contribution is -2.15. The molecule has 0 aliphatic heterocycles. The summed E-state index contributed by atoms with van der Waals surface area (Å²) in [6, 6.07) is 6.17. The van der Waals surface area contributed by atoms with Gasteiger partial charge in [0.15, 0.2) is 5.16 Å². The molecule has 1 fully saturated rings. The second-order valence-corrected chi connectivity index (χ2v) is 7.71. The first-order valence-electron chi connectivity index (χ1n) is 6.90. The van der Waals surface area contributed by atoms with Crippen LogP contribution in [0.2, 0.25) is 0 Å². The summed E-state index contributed by atoms with van der Waals surface area (Å²) in [6.45, 7) is 2.96. The zero-order valence-electron chi connectivity index (χ0n) is 12.1. The van der Waals surface area contributed by atoms with Gasteiger partial charge in [-0.15, -0.1) is 0 Å². The predicted molar refractivity (Wildman–Crippen MR) is 88.3 cm³/mol. The van der Waals surface area contributed by atoms with Gasteiger partial charge in [-0.25, -0.2) is 4.98 Å². The number of rotatable bonds is 6. The molecule has 1 aliphatic rings. The highest BCUT2D eigenvalue weighted by atomic mass is 32.2. The molecule has 0 bridgehead atoms. The van der Waals surface area contributed by atoms with Crippen molar-refractivity contribution in [1.29, 1.82) is 0 Å². The first kappa shape index (κ1) is 14.8. The van der Waals surface area contributed by atoms with Crippen LogP contribution >= 0.6 is 23.5 Å². The Hall–Kier alpha value is -1.14. The largest absolute Gasteiger partial charge is 0.481 e. The molecule has 3 rings (SSSR count). The third kappa shape index (κ3) is 2.92. The Balaban J connectivity index is 2.02. The zero-order chi connectivity index (χ0) is 15.0. The van der Waals surface area contributed by atoms with Crippen molar-refractivity contribution >= 4 is 40.5 Å². The highest BCUT2D eigenvalue weighted by Crippen LogP contribution is 2.49. The number of aromatic nitrogens is 2. The van der Waals surface area contributed by atoms with Gasteiger partial charge in [-0.2, -0.15) is 11.8 Å². The van der Waals surface area contributed by atoms with Crippen molar-refractivity contribution in [3.05, 3.63) is 23.8 Å². The highest BCUT2D eigenvalue weighted by Gasteiger charge is 2.43. The van der Waals surface area contributed by atoms with Crippen molar-refractivity contribution < 1.29 is 9.90 Å². The number of carboxylic acid groups (broad SMARTS) is 1. The van der Waals surface area contributed by atoms with Gasteiger partial charge in [0, 0.05) is 11.3 Å². The van der Waals surface area contributed by atoms with Crippen molar-refractivity contribution in [2.24, 2.45) is 0 Å². The number of fused-ring (bicyclic) bond motifs is 1. The molecule has 1 saturated carbocycles. The molecule has 0 amide bonds. The summed E-state index contributed by atoms with van der Waals surface area (Å²) in [7, 11) is 0. The van der Waals surface area contributed by atoms with E-state index in [1.807, 2.05) is 30.8 Å². The quantitative estimate of drug-likeness (QED) is 0.826. The summed E-state index contributed by atoms with van der Waals surface area (Å²) in [5.74, 6) is -0.754. The summed E-state index contributed by atoms with van der Waals surface area (Å²) in [6.07, 6.45) is 4.60. The van der Waals surface area contributed by atoms with Crippen LogP contribution < -0.4 is 0 Å². The maximum Gasteiger partial charge on any atom is 0.313 e. The Kier molecular flexibility index (Phi) is 3.92. The number of aliphatic carboxylic acids is 1. The Morgan fingerprint density at radius 3 is 2.86 bits per heavy atom. The van der Waals surface area contributed by atoms with E-state index in [2.05, 4.69) is 21.9 Å². The average Bonchev–Trinajstić information content (AvgIpc) is 3.14. The molecule has 4 nitrogen and oxygen atoms in total. The lowest BCUT2D eigenvalue weighted by molar-refractivity contribution is -0.133. The summed E-state index contributed by atoms with van der Waals surface area (Å²) in [5, 5.41) is 9.75. The van der Waals surface area contributed by atoms with Crippen LogP contribution in [0.1, 0.15) is 18.4 Å². The van der Waals surface area contributed by atoms with Crippen molar-refractivity contribution in [1.82, 2.24) is 9.55 Å². The molecule has 0 spiro atoms. The number of thioether (sulfide) groups is 2. The molecule has 0 saturated heterocycles. The molecule has 0 unspecified atom stereocenters. The summed E-state index contributed by atoms with van der Waals surface area (Å²) in [4.78, 5) is 15.5. The number of para-hydroxylation sites is 1. The second-order valence-electron chi connectivity index (χ2n) is 5.49. The van der Waals surface area contributed by atoms with E-state index in [1.165, 1.54) is 24.6 Å². The molecule has 1 aromatic carbocycles. The molecular formula is C15H18N2O2S2. The van der Waals surface area contributed by atoms with Gasteiger partial charge < -0.3 is 9.67 Å². The van der Waals surface area contributed by atoms with Crippen LogP contribution in [0.5, 0.6) is 0 Å². The van der Waals surface area contributed by atoms with Crippen molar-refractivity contribution in [2.75, 3.05) is 12.0 Å². The normalized spacial score (nSPS) is 16.3. The lowest BCUT2D eigenvalue weighted by atomic mass is 10.2. The number of imidazole rings is 1. The average molecular weight is 322 g/mol. The van der Waals surface area contributed by atoms with Gasteiger partial charge >= 0.3 is 5.97 Å². The fourth-order valence-corrected chi connectivity index (χ4v) is 4.01. The third-order valence-corrected chi connectivity index (χ3v) is 6.32. The molecule has 1 aromatic heterocycles. The van der Waals surface area contributed by atoms with Crippen molar-refractivity contribution in [3.63, 3.8) is 0 Å². The lowest BCUT2D eigenvalue weighted by Gasteiger charge is -2.15. The molecule has 0 radical (unpaired) electrons. The molecular weight excluding hydrogens is 304 g/mol. The van der Waals surface area contributed by atoms with Gasteiger partial charge in [0.1, 0.15) is 0 Å². The van der Waals surface area contributed by atoms with Gasteiger partial charge in [-0.1, -0.05) is 23.9 Å². The first-order valence-corrected chi connectivity index (χ1v) is 9.11. The third-order valence-electron chi connectivity index (χ3n) is 3.96. The number of carbonyl (C=O) groups is 1. The number of aryl methyl sites for hydroxylation is 1. The maximum atomic E-state index is 10.9. The van der Waals surface area contributed by atoms with E-state index >= 15 is 0 Å². The van der Waals surface area contributed by atoms with E-state index in [9.17, 15) is 4.79 Å². The maximum absolute atomic E-state index is 10.9. The number of carboxylic acids is 1. The molecule has 1 N–H and O–H groups in total. The minimum atomic E-state index is -0.804. The van der Waals surface area contributed by atoms with Crippen LogP contribution in [0.15, 0.2) is 23.4 Å². The van der Waals surface area contributed by atoms with E-state index in [0.717, 1.165) is 28.3 Å². The summed E-state index contributed by atoms with van der Waals surface area (Å²) in [5.41, 5.74) is 3.24. The number of hydrogen-bond donors (Lipinski definition) is 1. The molecule has 1 heterocycles. The summed E-state index contributed by atoms with van der Waals surface area (Å²) < 4.78 is 2.52. The molecule has 6 heteroatoms. The highest BCUT2D eigenvalue weighted by molar-refractivity contribution is 8.00. The molecule has 2 aromatic rings. The van der Waals surface area contributed by atoms with Crippen LogP contribution in [0.3, 0.4) is 0 Å². The van der Waals surface area contributed by atoms with E-state index < -0.39 is 5.97 Å². The second kappa shape index (κ2) is 5.57. The molecule has 21 heavy (non-hydrogen) atoms. The fraction of sp³-hybridized carbons (Fsp3) is 0.467. The Morgan fingerprint density at radius 2 is 2.24 bits per heavy atom. The molecule has 112 valence electrons. The van der Waals surface area contributed by atoms with Crippen LogP contribution in [0.25, 0.3) is 11.0 Å². The van der Waals surface area contributed by atoms with Gasteiger partial charge in [-0.05, 0) is 37.7 Å². The number of hydrogen-bond acceptors (Lipinski definition) is 4. The van der Waals surface area contributed by atoms with Crippen LogP contribution in [-0.4, -0.2) is 37.4 Å². The van der Waals surface area contributed by atoms with Crippen LogP contribution in [0.4, 0.5) is 0 Å². The van der Waals surface area contributed by atoms with E-state index in [4.69, 9.17) is 5.11 Å². The van der Waals surface area contributed by atoms with Gasteiger partial charge in [0.2, 0.25) is 0 Å². The van der Waals surface area contributed by atoms with Gasteiger partial charge in [0.05, 0.1) is 16.8 Å². The van der Waals surface area contributed by atoms with E-state index in [-0.39, 0.29) is 5.75 Å². The first-order chi connectivity index (χ1) is 10.0. The number of nitrogens with zero attached hydrogens (tertiary/aromatic N) is 2. The Morgan fingerprint density at radius 1 is 1.48 bits per heavy atom. The SMILES string of the molecule is CSC1(Cn2c(SCC(=O)O)nc3c(C)cccc32)CC1. The zero-order valence-corrected chi connectivity index (χ0v) is 13.8. The fourth-order valence-electron chi connectivity index (χ4n) is 2.51. The van der Waals surface area contributed by atoms with Crippen molar-refractivity contribution in [3.8, 4) is 0 Å². The Labute approximate surface area is 132 Å². The molecule has 1 aliphatic carbocycles. The van der Waals surface area contributed by atoms with E-state index in [0.29, 0.717) is 4.75 Å².